The molecule has 0 aromatic heterocycles. The van der Waals surface area contributed by atoms with Gasteiger partial charge in [-0.2, -0.15) is 0 Å². The number of terminal acetylenes is 1. The number of hydrogen-bond acceptors (Lipinski definition) is 3. The highest BCUT2D eigenvalue weighted by atomic mass is 28.4. The van der Waals surface area contributed by atoms with Crippen molar-refractivity contribution < 1.29 is 14.3 Å². The molecule has 0 aromatic rings. The second-order valence-corrected chi connectivity index (χ2v) is 12.1. The number of rotatable bonds is 10. The van der Waals surface area contributed by atoms with Gasteiger partial charge in [0, 0.05) is 19.6 Å². The van der Waals surface area contributed by atoms with E-state index in [1.807, 2.05) is 6.08 Å². The molecule has 0 aliphatic carbocycles. The van der Waals surface area contributed by atoms with Crippen LogP contribution in [0.3, 0.4) is 0 Å². The van der Waals surface area contributed by atoms with E-state index in [0.717, 1.165) is 0 Å². The van der Waals surface area contributed by atoms with E-state index >= 15 is 0 Å². The van der Waals surface area contributed by atoms with Gasteiger partial charge < -0.3 is 14.3 Å². The zero-order valence-corrected chi connectivity index (χ0v) is 16.2. The van der Waals surface area contributed by atoms with Crippen LogP contribution in [-0.4, -0.2) is 38.8 Å². The van der Waals surface area contributed by atoms with Crippen molar-refractivity contribution in [1.29, 1.82) is 0 Å². The van der Waals surface area contributed by atoms with Crippen molar-refractivity contribution in [3.05, 3.63) is 12.7 Å². The van der Waals surface area contributed by atoms with Gasteiger partial charge in [-0.3, -0.25) is 0 Å². The standard InChI is InChI=1S/C18H34O3Si/c1-9-12-15(3)17(20-14-11-13-19)16(10-2)21-22(7,8)18(4,5)6/h1,10,15-17,19H,2,11-14H2,3-8H3/t15-,16?,17+/m1/s1. The van der Waals surface area contributed by atoms with Crippen LogP contribution >= 0.6 is 0 Å². The molecule has 0 fully saturated rings. The molecule has 0 spiro atoms. The highest BCUT2D eigenvalue weighted by molar-refractivity contribution is 6.74. The van der Waals surface area contributed by atoms with Crippen LogP contribution in [0.15, 0.2) is 12.7 Å². The van der Waals surface area contributed by atoms with Gasteiger partial charge in [0.1, 0.15) is 0 Å². The molecule has 0 rings (SSSR count). The molecular formula is C18H34O3Si. The molecule has 0 amide bonds. The van der Waals surface area contributed by atoms with Gasteiger partial charge in [-0.1, -0.05) is 33.8 Å². The largest absolute Gasteiger partial charge is 0.408 e. The first-order chi connectivity index (χ1) is 10.1. The summed E-state index contributed by atoms with van der Waals surface area (Å²) in [5.74, 6) is 2.88. The van der Waals surface area contributed by atoms with Gasteiger partial charge in [0.25, 0.3) is 0 Å². The maximum Gasteiger partial charge on any atom is 0.193 e. The third kappa shape index (κ3) is 6.66. The van der Waals surface area contributed by atoms with Gasteiger partial charge in [0.15, 0.2) is 8.32 Å². The summed E-state index contributed by atoms with van der Waals surface area (Å²) in [6.07, 6.45) is 8.23. The summed E-state index contributed by atoms with van der Waals surface area (Å²) in [6, 6.07) is 0. The molecule has 4 heteroatoms. The maximum atomic E-state index is 8.95. The average molecular weight is 327 g/mol. The van der Waals surface area contributed by atoms with E-state index in [-0.39, 0.29) is 29.8 Å². The van der Waals surface area contributed by atoms with Crippen molar-refractivity contribution in [2.75, 3.05) is 13.2 Å². The highest BCUT2D eigenvalue weighted by Gasteiger charge is 2.41. The Bertz CT molecular complexity index is 366. The van der Waals surface area contributed by atoms with Crippen molar-refractivity contribution >= 4 is 8.32 Å². The van der Waals surface area contributed by atoms with Crippen molar-refractivity contribution in [3.63, 3.8) is 0 Å². The summed E-state index contributed by atoms with van der Waals surface area (Å²) in [6.45, 7) is 17.7. The predicted octanol–water partition coefficient (Wildman–Crippen LogP) is 3.99. The molecule has 0 bridgehead atoms. The zero-order chi connectivity index (χ0) is 17.4. The number of ether oxygens (including phenoxy) is 1. The summed E-state index contributed by atoms with van der Waals surface area (Å²) in [5.41, 5.74) is 0. The average Bonchev–Trinajstić information content (AvgIpc) is 2.40. The quantitative estimate of drug-likeness (QED) is 0.285. The van der Waals surface area contributed by atoms with Gasteiger partial charge in [-0.05, 0) is 30.5 Å². The molecule has 1 N–H and O–H groups in total. The molecule has 0 heterocycles. The van der Waals surface area contributed by atoms with Crippen molar-refractivity contribution in [3.8, 4) is 12.3 Å². The molecule has 0 aromatic carbocycles. The third-order valence-electron chi connectivity index (χ3n) is 4.41. The molecule has 3 atom stereocenters. The minimum absolute atomic E-state index is 0.123. The third-order valence-corrected chi connectivity index (χ3v) is 8.88. The highest BCUT2D eigenvalue weighted by Crippen LogP contribution is 2.38. The molecule has 0 radical (unpaired) electrons. The lowest BCUT2D eigenvalue weighted by molar-refractivity contribution is -0.0444. The van der Waals surface area contributed by atoms with E-state index < -0.39 is 8.32 Å². The Balaban J connectivity index is 5.12. The van der Waals surface area contributed by atoms with E-state index in [1.165, 1.54) is 0 Å². The summed E-state index contributed by atoms with van der Waals surface area (Å²) in [4.78, 5) is 0. The van der Waals surface area contributed by atoms with Crippen LogP contribution in [0.1, 0.15) is 40.5 Å². The number of aliphatic hydroxyl groups excluding tert-OH is 1. The second-order valence-electron chi connectivity index (χ2n) is 7.38. The van der Waals surface area contributed by atoms with E-state index in [2.05, 4.69) is 53.3 Å². The molecular weight excluding hydrogens is 292 g/mol. The fraction of sp³-hybridized carbons (Fsp3) is 0.778. The Hall–Kier alpha value is -0.603. The van der Waals surface area contributed by atoms with E-state index in [9.17, 15) is 0 Å². The minimum Gasteiger partial charge on any atom is -0.408 e. The lowest BCUT2D eigenvalue weighted by Crippen LogP contribution is -2.48. The van der Waals surface area contributed by atoms with Gasteiger partial charge in [0.05, 0.1) is 12.2 Å². The fourth-order valence-electron chi connectivity index (χ4n) is 1.94. The topological polar surface area (TPSA) is 38.7 Å². The molecule has 3 nitrogen and oxygen atoms in total. The van der Waals surface area contributed by atoms with E-state index in [0.29, 0.717) is 19.4 Å². The lowest BCUT2D eigenvalue weighted by Gasteiger charge is -2.41. The number of hydrogen-bond donors (Lipinski definition) is 1. The molecule has 0 aliphatic heterocycles. The summed E-state index contributed by atoms with van der Waals surface area (Å²) in [7, 11) is -1.92. The van der Waals surface area contributed by atoms with Crippen LogP contribution < -0.4 is 0 Å². The summed E-state index contributed by atoms with van der Waals surface area (Å²) < 4.78 is 12.5. The molecule has 0 aliphatic rings. The second kappa shape index (κ2) is 9.52. The van der Waals surface area contributed by atoms with Crippen molar-refractivity contribution in [2.24, 2.45) is 5.92 Å². The Kier molecular flexibility index (Phi) is 9.26. The predicted molar refractivity (Wildman–Crippen MR) is 96.3 cm³/mol. The first-order valence-corrected chi connectivity index (χ1v) is 11.0. The van der Waals surface area contributed by atoms with Crippen LogP contribution in [0.5, 0.6) is 0 Å². The first kappa shape index (κ1) is 21.4. The first-order valence-electron chi connectivity index (χ1n) is 8.07. The minimum atomic E-state index is -1.92. The fourth-order valence-corrected chi connectivity index (χ4v) is 3.20. The number of aliphatic hydroxyl groups is 1. The Morgan fingerprint density at radius 1 is 1.36 bits per heavy atom. The van der Waals surface area contributed by atoms with Crippen LogP contribution in [0.25, 0.3) is 0 Å². The van der Waals surface area contributed by atoms with E-state index in [4.69, 9.17) is 20.7 Å². The van der Waals surface area contributed by atoms with Crippen LogP contribution in [-0.2, 0) is 9.16 Å². The Morgan fingerprint density at radius 2 is 1.95 bits per heavy atom. The SMILES string of the molecule is C#CC[C@@H](C)[C@H](OCCCO)C(C=C)O[Si](C)(C)C(C)(C)C. The molecule has 128 valence electrons. The Labute approximate surface area is 138 Å². The van der Waals surface area contributed by atoms with Gasteiger partial charge in [-0.25, -0.2) is 0 Å². The summed E-state index contributed by atoms with van der Waals surface area (Å²) in [5, 5.41) is 9.08. The normalized spacial score (nSPS) is 16.6. The van der Waals surface area contributed by atoms with Crippen LogP contribution in [0.4, 0.5) is 0 Å². The zero-order valence-electron chi connectivity index (χ0n) is 15.2. The monoisotopic (exact) mass is 326 g/mol. The maximum absolute atomic E-state index is 8.95. The molecule has 22 heavy (non-hydrogen) atoms. The smallest absolute Gasteiger partial charge is 0.193 e. The van der Waals surface area contributed by atoms with E-state index in [1.54, 1.807) is 0 Å². The molecule has 1 unspecified atom stereocenters. The van der Waals surface area contributed by atoms with Crippen LogP contribution in [0.2, 0.25) is 18.1 Å². The van der Waals surface area contributed by atoms with Crippen molar-refractivity contribution in [1.82, 2.24) is 0 Å². The van der Waals surface area contributed by atoms with Gasteiger partial charge in [0.2, 0.25) is 0 Å². The van der Waals surface area contributed by atoms with Gasteiger partial charge >= 0.3 is 0 Å². The van der Waals surface area contributed by atoms with Crippen LogP contribution in [0, 0.1) is 18.3 Å². The van der Waals surface area contributed by atoms with Crippen molar-refractivity contribution in [2.45, 2.75) is 70.9 Å². The Morgan fingerprint density at radius 3 is 2.36 bits per heavy atom. The lowest BCUT2D eigenvalue weighted by atomic mass is 9.96. The summed E-state index contributed by atoms with van der Waals surface area (Å²) >= 11 is 0. The van der Waals surface area contributed by atoms with Gasteiger partial charge in [-0.15, -0.1) is 18.9 Å². The molecule has 0 saturated heterocycles. The molecule has 0 saturated carbocycles.